The Balaban J connectivity index is 1.64. The fourth-order valence-corrected chi connectivity index (χ4v) is 3.59. The first kappa shape index (κ1) is 16.5. The Morgan fingerprint density at radius 1 is 1.21 bits per heavy atom. The van der Waals surface area contributed by atoms with Gasteiger partial charge in [-0.1, -0.05) is 30.3 Å². The average molecular weight is 339 g/mol. The highest BCUT2D eigenvalue weighted by Crippen LogP contribution is 2.22. The van der Waals surface area contributed by atoms with Crippen LogP contribution in [0.2, 0.25) is 0 Å². The summed E-state index contributed by atoms with van der Waals surface area (Å²) in [6.07, 6.45) is 3.83. The third-order valence-electron chi connectivity index (χ3n) is 4.02. The summed E-state index contributed by atoms with van der Waals surface area (Å²) in [5.74, 6) is 0.0620. The molecule has 0 saturated carbocycles. The molecule has 24 heavy (non-hydrogen) atoms. The van der Waals surface area contributed by atoms with Gasteiger partial charge < -0.3 is 4.90 Å². The number of thiophene rings is 1. The first-order chi connectivity index (χ1) is 11.5. The standard InChI is InChI=1S/C19H21N3OS/c1-14-9-18(24-15(14)2)19(23)21(3)11-17-10-20-22(13-17)12-16-7-5-4-6-8-16/h4-10,13H,11-12H2,1-3H3. The molecule has 0 aliphatic carbocycles. The van der Waals surface area contributed by atoms with Crippen molar-refractivity contribution in [1.29, 1.82) is 0 Å². The number of aryl methyl sites for hydroxylation is 2. The summed E-state index contributed by atoms with van der Waals surface area (Å²) < 4.78 is 1.91. The van der Waals surface area contributed by atoms with E-state index < -0.39 is 0 Å². The molecule has 1 aromatic carbocycles. The van der Waals surface area contributed by atoms with Gasteiger partial charge in [0.05, 0.1) is 17.6 Å². The number of nitrogens with zero attached hydrogens (tertiary/aromatic N) is 3. The molecule has 124 valence electrons. The fraction of sp³-hybridized carbons (Fsp3) is 0.263. The van der Waals surface area contributed by atoms with Crippen LogP contribution in [-0.4, -0.2) is 27.6 Å². The molecule has 0 spiro atoms. The van der Waals surface area contributed by atoms with Crippen LogP contribution in [0.1, 0.15) is 31.2 Å². The lowest BCUT2D eigenvalue weighted by atomic mass is 10.2. The van der Waals surface area contributed by atoms with Gasteiger partial charge in [0, 0.05) is 30.2 Å². The van der Waals surface area contributed by atoms with Crippen molar-refractivity contribution >= 4 is 17.2 Å². The Kier molecular flexibility index (Phi) is 4.81. The van der Waals surface area contributed by atoms with Crippen molar-refractivity contribution < 1.29 is 4.79 Å². The fourth-order valence-electron chi connectivity index (χ4n) is 2.56. The van der Waals surface area contributed by atoms with E-state index in [1.165, 1.54) is 16.0 Å². The second kappa shape index (κ2) is 7.01. The summed E-state index contributed by atoms with van der Waals surface area (Å²) in [6, 6.07) is 12.2. The van der Waals surface area contributed by atoms with Gasteiger partial charge >= 0.3 is 0 Å². The van der Waals surface area contributed by atoms with Gasteiger partial charge in [-0.2, -0.15) is 5.10 Å². The number of carbonyl (C=O) groups excluding carboxylic acids is 1. The zero-order valence-electron chi connectivity index (χ0n) is 14.2. The van der Waals surface area contributed by atoms with Gasteiger partial charge in [0.2, 0.25) is 0 Å². The van der Waals surface area contributed by atoms with E-state index in [0.29, 0.717) is 6.54 Å². The highest BCUT2D eigenvalue weighted by Gasteiger charge is 2.16. The molecule has 4 nitrogen and oxygen atoms in total. The topological polar surface area (TPSA) is 38.1 Å². The summed E-state index contributed by atoms with van der Waals surface area (Å²) in [5, 5.41) is 4.40. The SMILES string of the molecule is Cc1cc(C(=O)N(C)Cc2cnn(Cc3ccccc3)c2)sc1C. The molecule has 1 amide bonds. The van der Waals surface area contributed by atoms with Gasteiger partial charge in [-0.05, 0) is 31.0 Å². The Labute approximate surface area is 146 Å². The Morgan fingerprint density at radius 2 is 1.96 bits per heavy atom. The number of hydrogen-bond acceptors (Lipinski definition) is 3. The largest absolute Gasteiger partial charge is 0.337 e. The Bertz CT molecular complexity index is 816. The van der Waals surface area contributed by atoms with Crippen LogP contribution in [0.3, 0.4) is 0 Å². The zero-order chi connectivity index (χ0) is 17.1. The van der Waals surface area contributed by atoms with Crippen LogP contribution in [0.15, 0.2) is 48.8 Å². The molecular weight excluding hydrogens is 318 g/mol. The maximum atomic E-state index is 12.5. The van der Waals surface area contributed by atoms with Crippen molar-refractivity contribution in [3.8, 4) is 0 Å². The molecule has 3 rings (SSSR count). The molecule has 0 aliphatic heterocycles. The van der Waals surface area contributed by atoms with E-state index in [9.17, 15) is 4.79 Å². The van der Waals surface area contributed by atoms with Gasteiger partial charge in [0.25, 0.3) is 5.91 Å². The van der Waals surface area contributed by atoms with Crippen molar-refractivity contribution in [2.45, 2.75) is 26.9 Å². The molecule has 0 unspecified atom stereocenters. The summed E-state index contributed by atoms with van der Waals surface area (Å²) in [6.45, 7) is 5.38. The second-order valence-electron chi connectivity index (χ2n) is 6.04. The minimum atomic E-state index is 0.0620. The van der Waals surface area contributed by atoms with Crippen molar-refractivity contribution in [1.82, 2.24) is 14.7 Å². The molecular formula is C19H21N3OS. The molecule has 0 radical (unpaired) electrons. The zero-order valence-corrected chi connectivity index (χ0v) is 15.0. The highest BCUT2D eigenvalue weighted by atomic mass is 32.1. The minimum Gasteiger partial charge on any atom is -0.337 e. The van der Waals surface area contributed by atoms with Crippen molar-refractivity contribution in [3.63, 3.8) is 0 Å². The monoisotopic (exact) mass is 339 g/mol. The van der Waals surface area contributed by atoms with E-state index >= 15 is 0 Å². The van der Waals surface area contributed by atoms with Crippen LogP contribution in [0.25, 0.3) is 0 Å². The first-order valence-electron chi connectivity index (χ1n) is 7.90. The van der Waals surface area contributed by atoms with E-state index in [1.807, 2.05) is 62.2 Å². The van der Waals surface area contributed by atoms with Gasteiger partial charge in [0.15, 0.2) is 0 Å². The number of amides is 1. The molecule has 2 aromatic heterocycles. The van der Waals surface area contributed by atoms with E-state index in [0.717, 1.165) is 17.0 Å². The van der Waals surface area contributed by atoms with E-state index in [-0.39, 0.29) is 5.91 Å². The van der Waals surface area contributed by atoms with E-state index in [4.69, 9.17) is 0 Å². The summed E-state index contributed by atoms with van der Waals surface area (Å²) in [4.78, 5) is 16.3. The lowest BCUT2D eigenvalue weighted by molar-refractivity contribution is 0.0790. The normalized spacial score (nSPS) is 10.8. The number of benzene rings is 1. The number of aromatic nitrogens is 2. The molecule has 0 bridgehead atoms. The number of rotatable bonds is 5. The quantitative estimate of drug-likeness (QED) is 0.707. The van der Waals surface area contributed by atoms with Crippen LogP contribution in [0.5, 0.6) is 0 Å². The third-order valence-corrected chi connectivity index (χ3v) is 5.16. The molecule has 3 aromatic rings. The third kappa shape index (κ3) is 3.74. The van der Waals surface area contributed by atoms with Crippen LogP contribution in [0, 0.1) is 13.8 Å². The summed E-state index contributed by atoms with van der Waals surface area (Å²) in [5.41, 5.74) is 3.42. The first-order valence-corrected chi connectivity index (χ1v) is 8.72. The summed E-state index contributed by atoms with van der Waals surface area (Å²) in [7, 11) is 1.83. The van der Waals surface area contributed by atoms with Crippen molar-refractivity contribution in [3.05, 3.63) is 75.2 Å². The van der Waals surface area contributed by atoms with Gasteiger partial charge in [-0.3, -0.25) is 9.48 Å². The van der Waals surface area contributed by atoms with Crippen LogP contribution in [-0.2, 0) is 13.1 Å². The van der Waals surface area contributed by atoms with Gasteiger partial charge in [0.1, 0.15) is 0 Å². The van der Waals surface area contributed by atoms with Crippen LogP contribution < -0.4 is 0 Å². The van der Waals surface area contributed by atoms with Crippen molar-refractivity contribution in [2.24, 2.45) is 0 Å². The molecule has 0 saturated heterocycles. The van der Waals surface area contributed by atoms with Crippen LogP contribution in [0.4, 0.5) is 0 Å². The average Bonchev–Trinajstić information content (AvgIpc) is 3.14. The van der Waals surface area contributed by atoms with E-state index in [1.54, 1.807) is 16.2 Å². The smallest absolute Gasteiger partial charge is 0.263 e. The Hall–Kier alpha value is -2.40. The predicted octanol–water partition coefficient (Wildman–Crippen LogP) is 3.88. The lowest BCUT2D eigenvalue weighted by Crippen LogP contribution is -2.25. The lowest BCUT2D eigenvalue weighted by Gasteiger charge is -2.14. The minimum absolute atomic E-state index is 0.0620. The molecule has 0 fully saturated rings. The maximum Gasteiger partial charge on any atom is 0.263 e. The predicted molar refractivity (Wildman–Crippen MR) is 97.4 cm³/mol. The van der Waals surface area contributed by atoms with Crippen LogP contribution >= 0.6 is 11.3 Å². The molecule has 0 atom stereocenters. The number of hydrogen-bond donors (Lipinski definition) is 0. The van der Waals surface area contributed by atoms with Gasteiger partial charge in [-0.15, -0.1) is 11.3 Å². The maximum absolute atomic E-state index is 12.5. The molecule has 2 heterocycles. The Morgan fingerprint density at radius 3 is 2.62 bits per heavy atom. The van der Waals surface area contributed by atoms with Crippen molar-refractivity contribution in [2.75, 3.05) is 7.05 Å². The van der Waals surface area contributed by atoms with Gasteiger partial charge in [-0.25, -0.2) is 0 Å². The number of carbonyl (C=O) groups is 1. The highest BCUT2D eigenvalue weighted by molar-refractivity contribution is 7.14. The summed E-state index contributed by atoms with van der Waals surface area (Å²) >= 11 is 1.56. The molecule has 5 heteroatoms. The molecule has 0 N–H and O–H groups in total. The second-order valence-corrected chi connectivity index (χ2v) is 7.30. The molecule has 0 aliphatic rings. The van der Waals surface area contributed by atoms with E-state index in [2.05, 4.69) is 17.2 Å².